The molecule has 1 atom stereocenters. The average molecular weight is 397 g/mol. The van der Waals surface area contributed by atoms with E-state index in [1.54, 1.807) is 0 Å². The van der Waals surface area contributed by atoms with Gasteiger partial charge in [0.25, 0.3) is 0 Å². The molecule has 0 N–H and O–H groups in total. The van der Waals surface area contributed by atoms with Crippen molar-refractivity contribution in [3.05, 3.63) is 101 Å². The summed E-state index contributed by atoms with van der Waals surface area (Å²) >= 11 is 0. The van der Waals surface area contributed by atoms with Crippen LogP contribution in [0.15, 0.2) is 78.9 Å². The van der Waals surface area contributed by atoms with Crippen molar-refractivity contribution in [3.63, 3.8) is 0 Å². The van der Waals surface area contributed by atoms with Gasteiger partial charge in [-0.1, -0.05) is 79.6 Å². The van der Waals surface area contributed by atoms with E-state index in [4.69, 9.17) is 11.2 Å². The first-order chi connectivity index (χ1) is 14.7. The number of aryl methyl sites for hydroxylation is 1. The highest BCUT2D eigenvalue weighted by Crippen LogP contribution is 2.34. The molecule has 0 aliphatic rings. The van der Waals surface area contributed by atoms with Gasteiger partial charge in [-0.15, -0.1) is 6.42 Å². The van der Waals surface area contributed by atoms with E-state index in [0.717, 1.165) is 37.9 Å². The highest BCUT2D eigenvalue weighted by Gasteiger charge is 2.27. The van der Waals surface area contributed by atoms with Gasteiger partial charge in [-0.05, 0) is 73.4 Å². The lowest BCUT2D eigenvalue weighted by molar-refractivity contribution is 0.340. The van der Waals surface area contributed by atoms with Crippen LogP contribution in [0, 0.1) is 12.3 Å². The van der Waals surface area contributed by atoms with Crippen LogP contribution in [-0.4, -0.2) is 6.61 Å². The molecule has 30 heavy (non-hydrogen) atoms. The maximum atomic E-state index is 6.06. The Balaban J connectivity index is 1.64. The van der Waals surface area contributed by atoms with Crippen molar-refractivity contribution in [2.45, 2.75) is 51.4 Å². The smallest absolute Gasteiger partial charge is 0.119 e. The highest BCUT2D eigenvalue weighted by atomic mass is 16.5. The van der Waals surface area contributed by atoms with Gasteiger partial charge in [0.2, 0.25) is 0 Å². The van der Waals surface area contributed by atoms with Crippen LogP contribution < -0.4 is 4.74 Å². The van der Waals surface area contributed by atoms with Gasteiger partial charge in [0.15, 0.2) is 0 Å². The van der Waals surface area contributed by atoms with Gasteiger partial charge in [0.05, 0.1) is 12.0 Å². The molecule has 1 heteroatoms. The van der Waals surface area contributed by atoms with Crippen LogP contribution in [0.5, 0.6) is 5.75 Å². The third kappa shape index (κ3) is 5.55. The van der Waals surface area contributed by atoms with Gasteiger partial charge in [-0.25, -0.2) is 0 Å². The first-order valence-electron chi connectivity index (χ1n) is 11.0. The summed E-state index contributed by atoms with van der Waals surface area (Å²) in [6, 6.07) is 27.9. The summed E-state index contributed by atoms with van der Waals surface area (Å²) in [5.74, 6) is 4.02. The van der Waals surface area contributed by atoms with E-state index in [2.05, 4.69) is 79.6 Å². The van der Waals surface area contributed by atoms with E-state index in [-0.39, 0.29) is 5.41 Å². The Kier molecular flexibility index (Phi) is 7.75. The summed E-state index contributed by atoms with van der Waals surface area (Å²) < 4.78 is 5.58. The van der Waals surface area contributed by atoms with Crippen LogP contribution in [0.1, 0.15) is 55.4 Å². The number of hydrogen-bond donors (Lipinski definition) is 0. The summed E-state index contributed by atoms with van der Waals surface area (Å²) in [5, 5.41) is 0. The summed E-state index contributed by atoms with van der Waals surface area (Å²) in [7, 11) is 0. The van der Waals surface area contributed by atoms with Gasteiger partial charge in [0.1, 0.15) is 5.75 Å². The molecule has 0 radical (unpaired) electrons. The molecule has 0 aliphatic carbocycles. The SMILES string of the molecule is C#CC(CC)(CCCc1cccc(Cc2ccccc2)c1)c1ccc(OCC)cc1. The molecule has 3 aromatic carbocycles. The minimum absolute atomic E-state index is 0.216. The van der Waals surface area contributed by atoms with Gasteiger partial charge in [0, 0.05) is 0 Å². The average Bonchev–Trinajstić information content (AvgIpc) is 2.79. The Labute approximate surface area is 182 Å². The number of benzene rings is 3. The van der Waals surface area contributed by atoms with Crippen LogP contribution in [0.25, 0.3) is 0 Å². The molecular formula is C29H32O. The third-order valence-corrected chi connectivity index (χ3v) is 5.91. The molecule has 0 bridgehead atoms. The molecule has 0 aliphatic heterocycles. The molecule has 1 unspecified atom stereocenters. The number of hydrogen-bond acceptors (Lipinski definition) is 1. The zero-order valence-corrected chi connectivity index (χ0v) is 18.2. The van der Waals surface area contributed by atoms with E-state index < -0.39 is 0 Å². The second-order valence-corrected chi connectivity index (χ2v) is 7.87. The topological polar surface area (TPSA) is 9.23 Å². The Morgan fingerprint density at radius 3 is 2.20 bits per heavy atom. The summed E-state index contributed by atoms with van der Waals surface area (Å²) in [6.45, 7) is 4.87. The van der Waals surface area contributed by atoms with E-state index in [0.29, 0.717) is 6.61 Å². The van der Waals surface area contributed by atoms with Crippen molar-refractivity contribution in [2.75, 3.05) is 6.61 Å². The summed E-state index contributed by atoms with van der Waals surface area (Å²) in [5.41, 5.74) is 5.10. The molecule has 154 valence electrons. The van der Waals surface area contributed by atoms with Crippen LogP contribution >= 0.6 is 0 Å². The fraction of sp³-hybridized carbons (Fsp3) is 0.310. The van der Waals surface area contributed by atoms with Crippen LogP contribution in [-0.2, 0) is 18.3 Å². The zero-order chi connectivity index (χ0) is 21.2. The minimum atomic E-state index is -0.216. The number of terminal acetylenes is 1. The normalized spacial score (nSPS) is 12.7. The first kappa shape index (κ1) is 21.7. The molecule has 3 rings (SSSR count). The Bertz CT molecular complexity index is 950. The molecule has 0 fully saturated rings. The fourth-order valence-corrected chi connectivity index (χ4v) is 4.14. The van der Waals surface area contributed by atoms with Crippen LogP contribution in [0.2, 0.25) is 0 Å². The fourth-order valence-electron chi connectivity index (χ4n) is 4.14. The molecular weight excluding hydrogens is 364 g/mol. The molecule has 0 amide bonds. The van der Waals surface area contributed by atoms with Crippen molar-refractivity contribution in [3.8, 4) is 18.1 Å². The lowest BCUT2D eigenvalue weighted by Gasteiger charge is -2.28. The predicted octanol–water partition coefficient (Wildman–Crippen LogP) is 6.98. The second-order valence-electron chi connectivity index (χ2n) is 7.87. The standard InChI is InChI=1S/C29H32O/c1-4-29(5-2,27-17-19-28(20-18-27)30-6-3)21-11-16-25-14-10-15-26(23-25)22-24-12-8-7-9-13-24/h1,7-10,12-15,17-20,23H,5-6,11,16,21-22H2,2-3H3. The van der Waals surface area contributed by atoms with Crippen LogP contribution in [0.4, 0.5) is 0 Å². The quantitative estimate of drug-likeness (QED) is 0.336. The van der Waals surface area contributed by atoms with Crippen molar-refractivity contribution in [1.82, 2.24) is 0 Å². The number of ether oxygens (including phenoxy) is 1. The van der Waals surface area contributed by atoms with Gasteiger partial charge in [-0.3, -0.25) is 0 Å². The predicted molar refractivity (Wildman–Crippen MR) is 127 cm³/mol. The molecule has 0 saturated heterocycles. The Hall–Kier alpha value is -2.98. The van der Waals surface area contributed by atoms with Crippen molar-refractivity contribution in [2.24, 2.45) is 0 Å². The maximum Gasteiger partial charge on any atom is 0.119 e. The molecule has 0 saturated carbocycles. The van der Waals surface area contributed by atoms with Gasteiger partial charge >= 0.3 is 0 Å². The zero-order valence-electron chi connectivity index (χ0n) is 18.2. The second kappa shape index (κ2) is 10.7. The van der Waals surface area contributed by atoms with E-state index in [9.17, 15) is 0 Å². The lowest BCUT2D eigenvalue weighted by atomic mass is 9.75. The monoisotopic (exact) mass is 396 g/mol. The van der Waals surface area contributed by atoms with Gasteiger partial charge < -0.3 is 4.74 Å². The highest BCUT2D eigenvalue weighted by molar-refractivity contribution is 5.38. The number of rotatable bonds is 10. The first-order valence-corrected chi connectivity index (χ1v) is 11.0. The van der Waals surface area contributed by atoms with E-state index >= 15 is 0 Å². The molecule has 3 aromatic rings. The largest absolute Gasteiger partial charge is 0.494 e. The van der Waals surface area contributed by atoms with Crippen LogP contribution in [0.3, 0.4) is 0 Å². The molecule has 0 heterocycles. The van der Waals surface area contributed by atoms with Crippen molar-refractivity contribution < 1.29 is 4.74 Å². The minimum Gasteiger partial charge on any atom is -0.494 e. The summed E-state index contributed by atoms with van der Waals surface area (Å²) in [4.78, 5) is 0. The van der Waals surface area contributed by atoms with Crippen molar-refractivity contribution in [1.29, 1.82) is 0 Å². The lowest BCUT2D eigenvalue weighted by Crippen LogP contribution is -2.23. The van der Waals surface area contributed by atoms with E-state index in [1.165, 1.54) is 22.3 Å². The molecule has 0 spiro atoms. The Morgan fingerprint density at radius 2 is 1.53 bits per heavy atom. The maximum absolute atomic E-state index is 6.06. The van der Waals surface area contributed by atoms with Gasteiger partial charge in [-0.2, -0.15) is 0 Å². The summed E-state index contributed by atoms with van der Waals surface area (Å²) in [6.07, 6.45) is 11.1. The van der Waals surface area contributed by atoms with E-state index in [1.807, 2.05) is 19.1 Å². The third-order valence-electron chi connectivity index (χ3n) is 5.91. The molecule has 0 aromatic heterocycles. The van der Waals surface area contributed by atoms with Crippen molar-refractivity contribution >= 4 is 0 Å². The Morgan fingerprint density at radius 1 is 0.833 bits per heavy atom. The molecule has 1 nitrogen and oxygen atoms in total.